The minimum Gasteiger partial charge on any atom is -0.481 e. The molecule has 0 aliphatic heterocycles. The molecule has 0 aliphatic carbocycles. The molecule has 0 saturated heterocycles. The molecule has 1 N–H and O–H groups in total. The highest BCUT2D eigenvalue weighted by Crippen LogP contribution is 2.31. The van der Waals surface area contributed by atoms with Crippen LogP contribution in [0.4, 0.5) is 13.2 Å². The summed E-state index contributed by atoms with van der Waals surface area (Å²) >= 11 is 0. The predicted octanol–water partition coefficient (Wildman–Crippen LogP) is 2.11. The average molecular weight is 325 g/mol. The second-order valence-corrected chi connectivity index (χ2v) is 6.46. The lowest BCUT2D eigenvalue weighted by Gasteiger charge is -2.18. The van der Waals surface area contributed by atoms with E-state index >= 15 is 0 Å². The van der Waals surface area contributed by atoms with Crippen LogP contribution < -0.4 is 0 Å². The molecule has 1 aromatic carbocycles. The zero-order valence-electron chi connectivity index (χ0n) is 11.3. The van der Waals surface area contributed by atoms with Gasteiger partial charge in [-0.3, -0.25) is 4.79 Å². The summed E-state index contributed by atoms with van der Waals surface area (Å²) < 4.78 is 62.8. The van der Waals surface area contributed by atoms with Gasteiger partial charge in [-0.2, -0.15) is 13.2 Å². The molecule has 0 unspecified atom stereocenters. The molecule has 0 spiro atoms. The van der Waals surface area contributed by atoms with Crippen LogP contribution in [0.5, 0.6) is 0 Å². The van der Waals surface area contributed by atoms with Crippen LogP contribution in [-0.4, -0.2) is 37.4 Å². The summed E-state index contributed by atoms with van der Waals surface area (Å²) in [5.74, 6) is -1.17. The van der Waals surface area contributed by atoms with Crippen molar-refractivity contribution in [1.29, 1.82) is 0 Å². The minimum absolute atomic E-state index is 0.0491. The van der Waals surface area contributed by atoms with E-state index in [1.165, 1.54) is 14.0 Å². The fraction of sp³-hybridized carbons (Fsp3) is 0.417. The molecule has 0 fully saturated rings. The van der Waals surface area contributed by atoms with E-state index in [2.05, 4.69) is 0 Å². The molecule has 0 bridgehead atoms. The van der Waals surface area contributed by atoms with Gasteiger partial charge >= 0.3 is 12.1 Å². The van der Waals surface area contributed by atoms with E-state index in [1.807, 2.05) is 0 Å². The second kappa shape index (κ2) is 6.02. The molecule has 1 aromatic rings. The fourth-order valence-electron chi connectivity index (χ4n) is 1.66. The first-order valence-electron chi connectivity index (χ1n) is 5.82. The maximum atomic E-state index is 12.5. The number of carboxylic acid groups (broad SMARTS) is 1. The molecular formula is C12H14F3NO4S. The molecule has 21 heavy (non-hydrogen) atoms. The quantitative estimate of drug-likeness (QED) is 0.900. The third-order valence-corrected chi connectivity index (χ3v) is 4.85. The number of alkyl halides is 3. The Bertz CT molecular complexity index is 640. The topological polar surface area (TPSA) is 74.7 Å². The van der Waals surface area contributed by atoms with E-state index < -0.39 is 34.2 Å². The number of sulfonamides is 1. The number of carboxylic acids is 1. The molecule has 1 rings (SSSR count). The second-order valence-electron chi connectivity index (χ2n) is 4.45. The number of halogens is 3. The van der Waals surface area contributed by atoms with E-state index in [4.69, 9.17) is 5.11 Å². The van der Waals surface area contributed by atoms with Crippen molar-refractivity contribution in [1.82, 2.24) is 4.31 Å². The van der Waals surface area contributed by atoms with Gasteiger partial charge in [0.25, 0.3) is 0 Å². The summed E-state index contributed by atoms with van der Waals surface area (Å²) in [5.41, 5.74) is -0.987. The van der Waals surface area contributed by atoms with Gasteiger partial charge in [-0.1, -0.05) is 0 Å². The van der Waals surface area contributed by atoms with Crippen LogP contribution in [-0.2, 0) is 21.0 Å². The summed E-state index contributed by atoms with van der Waals surface area (Å²) in [4.78, 5) is 10.2. The van der Waals surface area contributed by atoms with Crippen LogP contribution in [0.1, 0.15) is 17.5 Å². The van der Waals surface area contributed by atoms with Gasteiger partial charge in [0.05, 0.1) is 16.9 Å². The Balaban J connectivity index is 3.12. The van der Waals surface area contributed by atoms with Crippen LogP contribution in [0.3, 0.4) is 0 Å². The molecular weight excluding hydrogens is 311 g/mol. The van der Waals surface area contributed by atoms with Gasteiger partial charge in [-0.05, 0) is 30.7 Å². The smallest absolute Gasteiger partial charge is 0.416 e. The third kappa shape index (κ3) is 4.18. The molecule has 9 heteroatoms. The van der Waals surface area contributed by atoms with Crippen molar-refractivity contribution in [2.24, 2.45) is 0 Å². The molecule has 5 nitrogen and oxygen atoms in total. The number of aliphatic carboxylic acids is 1. The monoisotopic (exact) mass is 325 g/mol. The lowest BCUT2D eigenvalue weighted by atomic mass is 10.1. The van der Waals surface area contributed by atoms with Crippen molar-refractivity contribution < 1.29 is 31.5 Å². The Morgan fingerprint density at radius 3 is 2.33 bits per heavy atom. The molecule has 0 atom stereocenters. The molecule has 0 aromatic heterocycles. The van der Waals surface area contributed by atoms with E-state index in [9.17, 15) is 26.4 Å². The van der Waals surface area contributed by atoms with Crippen molar-refractivity contribution in [2.45, 2.75) is 24.4 Å². The van der Waals surface area contributed by atoms with Crippen molar-refractivity contribution in [3.8, 4) is 0 Å². The van der Waals surface area contributed by atoms with Crippen LogP contribution in [0.15, 0.2) is 23.1 Å². The van der Waals surface area contributed by atoms with Crippen molar-refractivity contribution in [3.63, 3.8) is 0 Å². The van der Waals surface area contributed by atoms with Crippen LogP contribution in [0.2, 0.25) is 0 Å². The molecule has 0 radical (unpaired) electrons. The Kier molecular flexibility index (Phi) is 5.00. The van der Waals surface area contributed by atoms with Gasteiger partial charge in [0.15, 0.2) is 0 Å². The lowest BCUT2D eigenvalue weighted by molar-refractivity contribution is -0.138. The first-order chi connectivity index (χ1) is 9.46. The SMILES string of the molecule is Cc1cc(C(F)(F)F)ccc1S(=O)(=O)N(C)CCC(=O)O. The van der Waals surface area contributed by atoms with Crippen molar-refractivity contribution in [3.05, 3.63) is 29.3 Å². The molecule has 118 valence electrons. The van der Waals surface area contributed by atoms with Gasteiger partial charge in [-0.15, -0.1) is 0 Å². The molecule has 0 amide bonds. The van der Waals surface area contributed by atoms with Crippen molar-refractivity contribution >= 4 is 16.0 Å². The number of aryl methyl sites for hydroxylation is 1. The number of carbonyl (C=O) groups is 1. The molecule has 0 saturated carbocycles. The highest BCUT2D eigenvalue weighted by molar-refractivity contribution is 7.89. The van der Waals surface area contributed by atoms with Gasteiger partial charge in [-0.25, -0.2) is 12.7 Å². The van der Waals surface area contributed by atoms with Crippen LogP contribution in [0, 0.1) is 6.92 Å². The lowest BCUT2D eigenvalue weighted by Crippen LogP contribution is -2.29. The normalized spacial score (nSPS) is 12.7. The van der Waals surface area contributed by atoms with Crippen LogP contribution in [0.25, 0.3) is 0 Å². The Hall–Kier alpha value is -1.61. The highest BCUT2D eigenvalue weighted by Gasteiger charge is 2.32. The fourth-order valence-corrected chi connectivity index (χ4v) is 3.03. The maximum Gasteiger partial charge on any atom is 0.416 e. The van der Waals surface area contributed by atoms with E-state index in [0.717, 1.165) is 16.4 Å². The van der Waals surface area contributed by atoms with E-state index in [1.54, 1.807) is 0 Å². The largest absolute Gasteiger partial charge is 0.481 e. The number of hydrogen-bond donors (Lipinski definition) is 1. The Morgan fingerprint density at radius 1 is 1.33 bits per heavy atom. The van der Waals surface area contributed by atoms with Gasteiger partial charge < -0.3 is 5.11 Å². The summed E-state index contributed by atoms with van der Waals surface area (Å²) in [5, 5.41) is 8.53. The van der Waals surface area contributed by atoms with Gasteiger partial charge in [0.2, 0.25) is 10.0 Å². The number of rotatable bonds is 5. The summed E-state index contributed by atoms with van der Waals surface area (Å²) in [6, 6.07) is 2.31. The Morgan fingerprint density at radius 2 is 1.90 bits per heavy atom. The summed E-state index contributed by atoms with van der Waals surface area (Å²) in [7, 11) is -2.85. The summed E-state index contributed by atoms with van der Waals surface area (Å²) in [6.07, 6.45) is -4.95. The predicted molar refractivity (Wildman–Crippen MR) is 68.2 cm³/mol. The number of benzene rings is 1. The van der Waals surface area contributed by atoms with E-state index in [0.29, 0.717) is 6.07 Å². The maximum absolute atomic E-state index is 12.5. The van der Waals surface area contributed by atoms with Gasteiger partial charge in [0.1, 0.15) is 0 Å². The Labute approximate surface area is 120 Å². The summed E-state index contributed by atoms with van der Waals surface area (Å²) in [6.45, 7) is 0.991. The number of nitrogens with zero attached hydrogens (tertiary/aromatic N) is 1. The first-order valence-corrected chi connectivity index (χ1v) is 7.26. The van der Waals surface area contributed by atoms with E-state index in [-0.39, 0.29) is 17.0 Å². The molecule has 0 heterocycles. The minimum atomic E-state index is -4.55. The van der Waals surface area contributed by atoms with Crippen molar-refractivity contribution in [2.75, 3.05) is 13.6 Å². The van der Waals surface area contributed by atoms with Crippen LogP contribution >= 0.6 is 0 Å². The number of hydrogen-bond acceptors (Lipinski definition) is 3. The highest BCUT2D eigenvalue weighted by atomic mass is 32.2. The molecule has 0 aliphatic rings. The zero-order chi connectivity index (χ0) is 16.4. The van der Waals surface area contributed by atoms with Gasteiger partial charge in [0, 0.05) is 13.6 Å². The first kappa shape index (κ1) is 17.4. The average Bonchev–Trinajstić information content (AvgIpc) is 2.34. The third-order valence-electron chi connectivity index (χ3n) is 2.83. The standard InChI is InChI=1S/C12H14F3NO4S/c1-8-7-9(12(13,14)15)3-4-10(8)21(19,20)16(2)6-5-11(17)18/h3-4,7H,5-6H2,1-2H3,(H,17,18). The zero-order valence-corrected chi connectivity index (χ0v) is 12.1.